The Kier molecular flexibility index (Phi) is 6.85. The lowest BCUT2D eigenvalue weighted by Gasteiger charge is -2.22. The van der Waals surface area contributed by atoms with Crippen LogP contribution in [0.5, 0.6) is 0 Å². The van der Waals surface area contributed by atoms with Crippen LogP contribution >= 0.6 is 7.82 Å². The summed E-state index contributed by atoms with van der Waals surface area (Å²) in [4.78, 5) is 47.6. The molecule has 1 saturated heterocycles. The first-order valence-electron chi connectivity index (χ1n) is 7.43. The Morgan fingerprint density at radius 3 is 2.69 bits per heavy atom. The molecule has 0 radical (unpaired) electrons. The largest absolute Gasteiger partial charge is 0.469 e. The van der Waals surface area contributed by atoms with Gasteiger partial charge in [0.2, 0.25) is 0 Å². The summed E-state index contributed by atoms with van der Waals surface area (Å²) in [6, 6.07) is 0. The molecule has 13 nitrogen and oxygen atoms in total. The minimum atomic E-state index is -4.79. The van der Waals surface area contributed by atoms with Gasteiger partial charge in [0, 0.05) is 11.8 Å². The summed E-state index contributed by atoms with van der Waals surface area (Å²) in [6.07, 6.45) is -3.66. The fourth-order valence-corrected chi connectivity index (χ4v) is 2.78. The number of H-pyrrole nitrogens is 1. The highest BCUT2D eigenvalue weighted by atomic mass is 31.2. The summed E-state index contributed by atoms with van der Waals surface area (Å²) in [5.74, 6) is 4.90. The van der Waals surface area contributed by atoms with E-state index >= 15 is 0 Å². The molecule has 4 atom stereocenters. The van der Waals surface area contributed by atoms with Crippen LogP contribution in [0.25, 0.3) is 0 Å². The first kappa shape index (κ1) is 20.9. The van der Waals surface area contributed by atoms with Crippen molar-refractivity contribution in [1.29, 1.82) is 0 Å². The molecular weight excluding hydrogens is 377 g/mol. The Labute approximate surface area is 146 Å². The molecule has 0 aromatic carbocycles. The molecule has 1 aromatic heterocycles. The van der Waals surface area contributed by atoms with Crippen LogP contribution in [0.3, 0.4) is 0 Å². The molecular formula is C12H20N3O10P. The average Bonchev–Trinajstić information content (AvgIpc) is 2.85. The molecule has 1 aliphatic heterocycles. The topological polar surface area (TPSA) is 196 Å². The van der Waals surface area contributed by atoms with Crippen molar-refractivity contribution < 1.29 is 38.3 Å². The molecule has 148 valence electrons. The van der Waals surface area contributed by atoms with Gasteiger partial charge in [-0.3, -0.25) is 18.9 Å². The summed E-state index contributed by atoms with van der Waals surface area (Å²) < 4.78 is 27.1. The maximum absolute atomic E-state index is 12.1. The van der Waals surface area contributed by atoms with Crippen LogP contribution in [0.2, 0.25) is 0 Å². The minimum Gasteiger partial charge on any atom is -0.387 e. The van der Waals surface area contributed by atoms with Gasteiger partial charge in [0.25, 0.3) is 5.56 Å². The standard InChI is InChI=1S/C12H20N3O10P/c1-6-4-15(12(18)14-10(6)17)11-9(22-2-3-23-13)8(16)7(25-11)5-24-26(19,20)21/h4,7-9,11,16H,2-3,5,13H2,1H3,(H,14,17,18)(H2,19,20,21). The Bertz CT molecular complexity index is 773. The van der Waals surface area contributed by atoms with Crippen LogP contribution < -0.4 is 17.1 Å². The van der Waals surface area contributed by atoms with Gasteiger partial charge in [-0.05, 0) is 6.92 Å². The fourth-order valence-electron chi connectivity index (χ4n) is 2.44. The monoisotopic (exact) mass is 397 g/mol. The van der Waals surface area contributed by atoms with E-state index in [9.17, 15) is 19.3 Å². The number of nitrogens with two attached hydrogens (primary N) is 1. The highest BCUT2D eigenvalue weighted by Crippen LogP contribution is 2.38. The van der Waals surface area contributed by atoms with Crippen molar-refractivity contribution in [2.75, 3.05) is 19.8 Å². The number of nitrogens with one attached hydrogen (secondary N) is 1. The van der Waals surface area contributed by atoms with Crippen molar-refractivity contribution in [3.63, 3.8) is 0 Å². The van der Waals surface area contributed by atoms with Gasteiger partial charge in [0.1, 0.15) is 18.3 Å². The van der Waals surface area contributed by atoms with Gasteiger partial charge in [0.05, 0.1) is 19.8 Å². The third-order valence-electron chi connectivity index (χ3n) is 3.65. The van der Waals surface area contributed by atoms with Crippen molar-refractivity contribution in [1.82, 2.24) is 9.55 Å². The van der Waals surface area contributed by atoms with E-state index in [1.807, 2.05) is 0 Å². The zero-order chi connectivity index (χ0) is 19.5. The van der Waals surface area contributed by atoms with E-state index in [2.05, 4.69) is 14.3 Å². The molecule has 0 spiro atoms. The Balaban J connectivity index is 2.28. The van der Waals surface area contributed by atoms with Gasteiger partial charge < -0.3 is 29.2 Å². The second-order valence-corrected chi connectivity index (χ2v) is 6.77. The van der Waals surface area contributed by atoms with Gasteiger partial charge in [0.15, 0.2) is 6.23 Å². The van der Waals surface area contributed by atoms with Gasteiger partial charge in [-0.2, -0.15) is 0 Å². The molecule has 0 saturated carbocycles. The number of aromatic nitrogens is 2. The normalized spacial score (nSPS) is 26.3. The number of aryl methyl sites for hydroxylation is 1. The van der Waals surface area contributed by atoms with Crippen molar-refractivity contribution in [2.45, 2.75) is 31.5 Å². The van der Waals surface area contributed by atoms with E-state index in [4.69, 9.17) is 25.2 Å². The molecule has 1 fully saturated rings. The number of aliphatic hydroxyl groups is 1. The Morgan fingerprint density at radius 1 is 1.38 bits per heavy atom. The Morgan fingerprint density at radius 2 is 2.08 bits per heavy atom. The number of rotatable bonds is 8. The maximum Gasteiger partial charge on any atom is 0.469 e. The van der Waals surface area contributed by atoms with Crippen LogP contribution in [0.15, 0.2) is 15.8 Å². The number of hydrogen-bond donors (Lipinski definition) is 5. The first-order valence-corrected chi connectivity index (χ1v) is 8.96. The second kappa shape index (κ2) is 8.52. The summed E-state index contributed by atoms with van der Waals surface area (Å²) in [5.41, 5.74) is -1.18. The average molecular weight is 397 g/mol. The molecule has 6 N–H and O–H groups in total. The third-order valence-corrected chi connectivity index (χ3v) is 4.14. The lowest BCUT2D eigenvalue weighted by atomic mass is 10.1. The predicted molar refractivity (Wildman–Crippen MR) is 83.9 cm³/mol. The number of nitrogens with zero attached hydrogens (tertiary/aromatic N) is 1. The third kappa shape index (κ3) is 5.07. The van der Waals surface area contributed by atoms with Crippen LogP contribution in [0, 0.1) is 6.92 Å². The molecule has 0 bridgehead atoms. The van der Waals surface area contributed by atoms with Crippen molar-refractivity contribution in [2.24, 2.45) is 5.90 Å². The minimum absolute atomic E-state index is 0.0147. The van der Waals surface area contributed by atoms with Gasteiger partial charge in [-0.15, -0.1) is 0 Å². The SMILES string of the molecule is Cc1cn(C2OC(COP(=O)(O)O)C(O)C2OCCON)c(=O)[nH]c1=O. The Hall–Kier alpha value is -1.41. The van der Waals surface area contributed by atoms with E-state index in [-0.39, 0.29) is 18.8 Å². The number of ether oxygens (including phenoxy) is 2. The molecule has 0 amide bonds. The first-order chi connectivity index (χ1) is 12.1. The molecule has 14 heteroatoms. The molecule has 0 aliphatic carbocycles. The summed E-state index contributed by atoms with van der Waals surface area (Å²) >= 11 is 0. The zero-order valence-corrected chi connectivity index (χ0v) is 14.6. The summed E-state index contributed by atoms with van der Waals surface area (Å²) in [6.45, 7) is 0.749. The number of phosphoric acid groups is 1. The van der Waals surface area contributed by atoms with Crippen LogP contribution in [0.1, 0.15) is 11.8 Å². The summed E-state index contributed by atoms with van der Waals surface area (Å²) in [5, 5.41) is 10.3. The van der Waals surface area contributed by atoms with Crippen LogP contribution in [-0.4, -0.2) is 62.6 Å². The van der Waals surface area contributed by atoms with Crippen LogP contribution in [-0.2, 0) is 23.4 Å². The number of aromatic amines is 1. The second-order valence-electron chi connectivity index (χ2n) is 5.53. The zero-order valence-electron chi connectivity index (χ0n) is 13.7. The fraction of sp³-hybridized carbons (Fsp3) is 0.667. The molecule has 26 heavy (non-hydrogen) atoms. The van der Waals surface area contributed by atoms with E-state index in [0.29, 0.717) is 0 Å². The number of aliphatic hydroxyl groups excluding tert-OH is 1. The van der Waals surface area contributed by atoms with E-state index in [1.54, 1.807) is 0 Å². The highest BCUT2D eigenvalue weighted by Gasteiger charge is 2.46. The van der Waals surface area contributed by atoms with Crippen LogP contribution in [0.4, 0.5) is 0 Å². The van der Waals surface area contributed by atoms with E-state index < -0.39 is 50.2 Å². The van der Waals surface area contributed by atoms with Gasteiger partial charge in [-0.25, -0.2) is 15.3 Å². The van der Waals surface area contributed by atoms with E-state index in [1.165, 1.54) is 13.1 Å². The van der Waals surface area contributed by atoms with Crippen molar-refractivity contribution in [3.8, 4) is 0 Å². The summed E-state index contributed by atoms with van der Waals surface area (Å²) in [7, 11) is -4.79. The maximum atomic E-state index is 12.1. The van der Waals surface area contributed by atoms with Crippen molar-refractivity contribution >= 4 is 7.82 Å². The number of phosphoric ester groups is 1. The molecule has 2 heterocycles. The molecule has 1 aliphatic rings. The quantitative estimate of drug-likeness (QED) is 0.176. The lowest BCUT2D eigenvalue weighted by molar-refractivity contribution is -0.0845. The predicted octanol–water partition coefficient (Wildman–Crippen LogP) is -2.51. The molecule has 1 aromatic rings. The smallest absolute Gasteiger partial charge is 0.387 e. The number of hydrogen-bond acceptors (Lipinski definition) is 9. The lowest BCUT2D eigenvalue weighted by Crippen LogP contribution is -2.40. The van der Waals surface area contributed by atoms with E-state index in [0.717, 1.165) is 4.57 Å². The van der Waals surface area contributed by atoms with Gasteiger partial charge >= 0.3 is 13.5 Å². The molecule has 2 rings (SSSR count). The van der Waals surface area contributed by atoms with Crippen molar-refractivity contribution in [3.05, 3.63) is 32.6 Å². The highest BCUT2D eigenvalue weighted by molar-refractivity contribution is 7.46. The molecule has 4 unspecified atom stereocenters. The van der Waals surface area contributed by atoms with Gasteiger partial charge in [-0.1, -0.05) is 0 Å².